The zero-order valence-electron chi connectivity index (χ0n) is 8.24. The number of halogens is 1. The summed E-state index contributed by atoms with van der Waals surface area (Å²) in [5.41, 5.74) is 0.870. The molecule has 0 atom stereocenters. The molecule has 1 aromatic heterocycles. The highest BCUT2D eigenvalue weighted by Crippen LogP contribution is 2.15. The SMILES string of the molecule is O=Cc1ccc(-c2ccc(F)cc2)[nH]c1=O. The first-order valence-electron chi connectivity index (χ1n) is 4.65. The number of aldehydes is 1. The molecule has 2 rings (SSSR count). The third-order valence-corrected chi connectivity index (χ3v) is 2.22. The molecule has 3 nitrogen and oxygen atoms in total. The second-order valence-electron chi connectivity index (χ2n) is 3.28. The molecule has 1 aromatic carbocycles. The van der Waals surface area contributed by atoms with Gasteiger partial charge in [0, 0.05) is 5.69 Å². The predicted molar refractivity (Wildman–Crippen MR) is 57.8 cm³/mol. The third-order valence-electron chi connectivity index (χ3n) is 2.22. The molecule has 0 unspecified atom stereocenters. The van der Waals surface area contributed by atoms with Gasteiger partial charge < -0.3 is 4.98 Å². The maximum Gasteiger partial charge on any atom is 0.258 e. The molecule has 16 heavy (non-hydrogen) atoms. The Balaban J connectivity index is 2.49. The predicted octanol–water partition coefficient (Wildman–Crippen LogP) is 1.99. The first kappa shape index (κ1) is 10.3. The van der Waals surface area contributed by atoms with E-state index < -0.39 is 5.56 Å². The highest BCUT2D eigenvalue weighted by atomic mass is 19.1. The average Bonchev–Trinajstić information content (AvgIpc) is 2.30. The van der Waals surface area contributed by atoms with Gasteiger partial charge in [-0.1, -0.05) is 0 Å². The van der Waals surface area contributed by atoms with E-state index in [1.54, 1.807) is 18.2 Å². The summed E-state index contributed by atoms with van der Waals surface area (Å²) in [6.07, 6.45) is 0.493. The first-order valence-corrected chi connectivity index (χ1v) is 4.65. The van der Waals surface area contributed by atoms with Crippen molar-refractivity contribution in [2.24, 2.45) is 0 Å². The van der Waals surface area contributed by atoms with Crippen LogP contribution in [0.5, 0.6) is 0 Å². The van der Waals surface area contributed by atoms with Crippen LogP contribution in [0.15, 0.2) is 41.2 Å². The molecule has 0 amide bonds. The number of aromatic amines is 1. The molecule has 0 aliphatic rings. The zero-order chi connectivity index (χ0) is 11.5. The first-order chi connectivity index (χ1) is 7.70. The molecule has 0 radical (unpaired) electrons. The number of rotatable bonds is 2. The van der Waals surface area contributed by atoms with Crippen molar-refractivity contribution in [2.45, 2.75) is 0 Å². The lowest BCUT2D eigenvalue weighted by molar-refractivity contribution is 0.112. The van der Waals surface area contributed by atoms with Gasteiger partial charge in [-0.3, -0.25) is 9.59 Å². The number of hydrogen-bond acceptors (Lipinski definition) is 2. The standard InChI is InChI=1S/C12H8FNO2/c13-10-4-1-8(2-5-10)11-6-3-9(7-15)12(16)14-11/h1-7H,(H,14,16). The number of benzene rings is 1. The number of carbonyl (C=O) groups excluding carboxylic acids is 1. The maximum absolute atomic E-state index is 12.7. The van der Waals surface area contributed by atoms with Crippen LogP contribution >= 0.6 is 0 Å². The monoisotopic (exact) mass is 217 g/mol. The quantitative estimate of drug-likeness (QED) is 0.782. The topological polar surface area (TPSA) is 49.9 Å². The van der Waals surface area contributed by atoms with Crippen LogP contribution in [-0.2, 0) is 0 Å². The van der Waals surface area contributed by atoms with Crippen LogP contribution in [-0.4, -0.2) is 11.3 Å². The maximum atomic E-state index is 12.7. The third kappa shape index (κ3) is 1.91. The van der Waals surface area contributed by atoms with Crippen LogP contribution in [0.2, 0.25) is 0 Å². The molecule has 4 heteroatoms. The summed E-state index contributed by atoms with van der Waals surface area (Å²) in [7, 11) is 0. The summed E-state index contributed by atoms with van der Waals surface area (Å²) < 4.78 is 12.7. The van der Waals surface area contributed by atoms with E-state index >= 15 is 0 Å². The van der Waals surface area contributed by atoms with Crippen molar-refractivity contribution in [3.05, 3.63) is 58.1 Å². The lowest BCUT2D eigenvalue weighted by Gasteiger charge is -2.01. The molecule has 0 spiro atoms. The van der Waals surface area contributed by atoms with Gasteiger partial charge in [0.2, 0.25) is 0 Å². The minimum Gasteiger partial charge on any atom is -0.321 e. The molecule has 2 aromatic rings. The van der Waals surface area contributed by atoms with Gasteiger partial charge in [-0.2, -0.15) is 0 Å². The van der Waals surface area contributed by atoms with Crippen molar-refractivity contribution in [3.63, 3.8) is 0 Å². The fraction of sp³-hybridized carbons (Fsp3) is 0. The number of hydrogen-bond donors (Lipinski definition) is 1. The van der Waals surface area contributed by atoms with Crippen LogP contribution < -0.4 is 5.56 Å². The molecular weight excluding hydrogens is 209 g/mol. The second-order valence-corrected chi connectivity index (χ2v) is 3.28. The molecule has 80 valence electrons. The second kappa shape index (κ2) is 4.10. The van der Waals surface area contributed by atoms with E-state index in [1.165, 1.54) is 18.2 Å². The van der Waals surface area contributed by atoms with Gasteiger partial charge >= 0.3 is 0 Å². The zero-order valence-corrected chi connectivity index (χ0v) is 8.24. The Morgan fingerprint density at radius 1 is 1.06 bits per heavy atom. The molecular formula is C12H8FNO2. The van der Waals surface area contributed by atoms with E-state index in [2.05, 4.69) is 4.98 Å². The van der Waals surface area contributed by atoms with Crippen LogP contribution in [0.1, 0.15) is 10.4 Å². The van der Waals surface area contributed by atoms with Gasteiger partial charge in [-0.15, -0.1) is 0 Å². The number of pyridine rings is 1. The van der Waals surface area contributed by atoms with Crippen LogP contribution in [0.4, 0.5) is 4.39 Å². The van der Waals surface area contributed by atoms with E-state index in [0.29, 0.717) is 17.5 Å². The summed E-state index contributed by atoms with van der Waals surface area (Å²) in [6.45, 7) is 0. The largest absolute Gasteiger partial charge is 0.321 e. The van der Waals surface area contributed by atoms with Gasteiger partial charge in [-0.25, -0.2) is 4.39 Å². The Hall–Kier alpha value is -2.23. The smallest absolute Gasteiger partial charge is 0.258 e. The lowest BCUT2D eigenvalue weighted by Crippen LogP contribution is -2.11. The molecule has 0 saturated carbocycles. The highest BCUT2D eigenvalue weighted by Gasteiger charge is 2.02. The van der Waals surface area contributed by atoms with Crippen molar-refractivity contribution in [1.29, 1.82) is 0 Å². The summed E-state index contributed by atoms with van der Waals surface area (Å²) in [6, 6.07) is 8.77. The van der Waals surface area contributed by atoms with Crippen molar-refractivity contribution < 1.29 is 9.18 Å². The van der Waals surface area contributed by atoms with E-state index in [0.717, 1.165) is 0 Å². The molecule has 1 N–H and O–H groups in total. The average molecular weight is 217 g/mol. The minimum absolute atomic E-state index is 0.0749. The summed E-state index contributed by atoms with van der Waals surface area (Å²) in [5.74, 6) is -0.337. The molecule has 1 heterocycles. The van der Waals surface area contributed by atoms with E-state index in [9.17, 15) is 14.0 Å². The van der Waals surface area contributed by atoms with E-state index in [1.807, 2.05) is 0 Å². The van der Waals surface area contributed by atoms with Gasteiger partial charge in [-0.05, 0) is 42.0 Å². The number of aromatic nitrogens is 1. The number of H-pyrrole nitrogens is 1. The Morgan fingerprint density at radius 2 is 1.75 bits per heavy atom. The molecule has 0 fully saturated rings. The van der Waals surface area contributed by atoms with E-state index in [4.69, 9.17) is 0 Å². The van der Waals surface area contributed by atoms with Crippen molar-refractivity contribution in [1.82, 2.24) is 4.98 Å². The Labute approximate surface area is 90.6 Å². The van der Waals surface area contributed by atoms with Gasteiger partial charge in [0.15, 0.2) is 6.29 Å². The summed E-state index contributed by atoms with van der Waals surface area (Å²) >= 11 is 0. The normalized spacial score (nSPS) is 10.1. The number of nitrogens with one attached hydrogen (secondary N) is 1. The minimum atomic E-state index is -0.447. The fourth-order valence-corrected chi connectivity index (χ4v) is 1.38. The van der Waals surface area contributed by atoms with Gasteiger partial charge in [0.25, 0.3) is 5.56 Å². The van der Waals surface area contributed by atoms with Gasteiger partial charge in [0.1, 0.15) is 5.82 Å². The molecule has 0 bridgehead atoms. The van der Waals surface area contributed by atoms with Crippen LogP contribution in [0.25, 0.3) is 11.3 Å². The highest BCUT2D eigenvalue weighted by molar-refractivity contribution is 5.75. The Kier molecular flexibility index (Phi) is 2.64. The summed E-state index contributed by atoms with van der Waals surface area (Å²) in [4.78, 5) is 24.4. The van der Waals surface area contributed by atoms with E-state index in [-0.39, 0.29) is 11.4 Å². The van der Waals surface area contributed by atoms with Crippen molar-refractivity contribution in [3.8, 4) is 11.3 Å². The van der Waals surface area contributed by atoms with Crippen LogP contribution in [0.3, 0.4) is 0 Å². The fourth-order valence-electron chi connectivity index (χ4n) is 1.38. The van der Waals surface area contributed by atoms with Crippen molar-refractivity contribution >= 4 is 6.29 Å². The molecule has 0 saturated heterocycles. The van der Waals surface area contributed by atoms with Crippen molar-refractivity contribution in [2.75, 3.05) is 0 Å². The van der Waals surface area contributed by atoms with Crippen LogP contribution in [0, 0.1) is 5.82 Å². The molecule has 0 aliphatic carbocycles. The molecule has 0 aliphatic heterocycles. The van der Waals surface area contributed by atoms with Gasteiger partial charge in [0.05, 0.1) is 5.56 Å². The Bertz CT molecular complexity index is 572. The summed E-state index contributed by atoms with van der Waals surface area (Å²) in [5, 5.41) is 0. The number of carbonyl (C=O) groups is 1. The lowest BCUT2D eigenvalue weighted by atomic mass is 10.1. The Morgan fingerprint density at radius 3 is 2.31 bits per heavy atom.